The van der Waals surface area contributed by atoms with Crippen molar-refractivity contribution in [2.75, 3.05) is 19.8 Å². The Morgan fingerprint density at radius 1 is 1.50 bits per heavy atom. The Labute approximate surface area is 134 Å². The first kappa shape index (κ1) is 18.0. The second-order valence-electron chi connectivity index (χ2n) is 5.00. The van der Waals surface area contributed by atoms with Gasteiger partial charge in [0.05, 0.1) is 13.2 Å². The first-order valence-corrected chi connectivity index (χ1v) is 7.05. The third kappa shape index (κ3) is 3.94. The molecule has 24 heavy (non-hydrogen) atoms. The molecule has 2 heterocycles. The van der Waals surface area contributed by atoms with Crippen LogP contribution in [0.5, 0.6) is 0 Å². The zero-order chi connectivity index (χ0) is 17.7. The molecule has 4 atom stereocenters. The van der Waals surface area contributed by atoms with Crippen molar-refractivity contribution in [3.05, 3.63) is 33.1 Å². The molecule has 4 N–H and O–H groups in total. The molecule has 1 aliphatic rings. The molecule has 0 radical (unpaired) electrons. The van der Waals surface area contributed by atoms with E-state index in [0.29, 0.717) is 6.29 Å². The fraction of sp³-hybridized carbons (Fsp3) is 0.538. The van der Waals surface area contributed by atoms with Crippen molar-refractivity contribution in [3.8, 4) is 0 Å². The van der Waals surface area contributed by atoms with Gasteiger partial charge in [0.2, 0.25) is 5.91 Å². The number of ether oxygens (including phenoxy) is 2. The molecular weight excluding hydrogens is 326 g/mol. The minimum absolute atomic E-state index is 0.187. The Morgan fingerprint density at radius 2 is 2.25 bits per heavy atom. The number of aliphatic hydroxyl groups excluding tert-OH is 2. The lowest BCUT2D eigenvalue weighted by Crippen LogP contribution is -2.41. The van der Waals surface area contributed by atoms with Gasteiger partial charge in [-0.05, 0) is 0 Å². The molecule has 0 aliphatic carbocycles. The SMILES string of the molecule is O=CCNC(=O)CO[C@@H]1[C@H](O)[C@@H](CO)O[C@H]1n1ccc(=O)[nH]c1=O. The van der Waals surface area contributed by atoms with Gasteiger partial charge in [-0.3, -0.25) is 19.1 Å². The van der Waals surface area contributed by atoms with Crippen LogP contribution in [0.1, 0.15) is 6.23 Å². The summed E-state index contributed by atoms with van der Waals surface area (Å²) in [5.74, 6) is -0.602. The zero-order valence-corrected chi connectivity index (χ0v) is 12.5. The van der Waals surface area contributed by atoms with E-state index in [9.17, 15) is 29.4 Å². The molecule has 132 valence electrons. The smallest absolute Gasteiger partial charge is 0.330 e. The number of rotatable bonds is 7. The summed E-state index contributed by atoms with van der Waals surface area (Å²) in [6, 6.07) is 1.08. The summed E-state index contributed by atoms with van der Waals surface area (Å²) in [6.45, 7) is -1.22. The number of aldehydes is 1. The molecule has 0 unspecified atom stereocenters. The third-order valence-corrected chi connectivity index (χ3v) is 3.41. The van der Waals surface area contributed by atoms with Crippen molar-refractivity contribution in [3.63, 3.8) is 0 Å². The van der Waals surface area contributed by atoms with Gasteiger partial charge in [-0.2, -0.15) is 0 Å². The van der Waals surface area contributed by atoms with Gasteiger partial charge >= 0.3 is 5.69 Å². The minimum atomic E-state index is -1.31. The summed E-state index contributed by atoms with van der Waals surface area (Å²) in [5.41, 5.74) is -1.41. The summed E-state index contributed by atoms with van der Waals surface area (Å²) in [7, 11) is 0. The maximum Gasteiger partial charge on any atom is 0.330 e. The minimum Gasteiger partial charge on any atom is -0.394 e. The second-order valence-corrected chi connectivity index (χ2v) is 5.00. The van der Waals surface area contributed by atoms with E-state index in [2.05, 4.69) is 5.32 Å². The predicted molar refractivity (Wildman–Crippen MR) is 77.1 cm³/mol. The van der Waals surface area contributed by atoms with Crippen molar-refractivity contribution in [1.82, 2.24) is 14.9 Å². The second kappa shape index (κ2) is 7.97. The van der Waals surface area contributed by atoms with E-state index in [0.717, 1.165) is 16.8 Å². The van der Waals surface area contributed by atoms with Crippen LogP contribution < -0.4 is 16.6 Å². The fourth-order valence-electron chi connectivity index (χ4n) is 2.28. The molecule has 1 saturated heterocycles. The van der Waals surface area contributed by atoms with Gasteiger partial charge in [-0.1, -0.05) is 0 Å². The number of hydrogen-bond donors (Lipinski definition) is 4. The number of aromatic nitrogens is 2. The first-order chi connectivity index (χ1) is 11.5. The van der Waals surface area contributed by atoms with Crippen LogP contribution in [0.15, 0.2) is 21.9 Å². The third-order valence-electron chi connectivity index (χ3n) is 3.41. The number of hydrogen-bond acceptors (Lipinski definition) is 8. The van der Waals surface area contributed by atoms with Crippen molar-refractivity contribution < 1.29 is 29.3 Å². The normalized spacial score (nSPS) is 26.2. The van der Waals surface area contributed by atoms with Crippen molar-refractivity contribution in [2.45, 2.75) is 24.5 Å². The molecule has 0 aromatic carbocycles. The molecule has 11 heteroatoms. The highest BCUT2D eigenvalue weighted by molar-refractivity contribution is 5.79. The van der Waals surface area contributed by atoms with E-state index in [1.54, 1.807) is 0 Å². The Balaban J connectivity index is 2.17. The number of aliphatic hydroxyl groups is 2. The molecule has 0 spiro atoms. The van der Waals surface area contributed by atoms with Crippen LogP contribution in [0.2, 0.25) is 0 Å². The number of carbonyl (C=O) groups is 2. The van der Waals surface area contributed by atoms with Gasteiger partial charge in [0, 0.05) is 12.3 Å². The lowest BCUT2D eigenvalue weighted by atomic mass is 10.1. The highest BCUT2D eigenvalue weighted by Crippen LogP contribution is 2.30. The molecular formula is C13H17N3O8. The molecule has 1 aromatic rings. The van der Waals surface area contributed by atoms with E-state index in [1.807, 2.05) is 4.98 Å². The van der Waals surface area contributed by atoms with Crippen LogP contribution in [-0.2, 0) is 19.1 Å². The van der Waals surface area contributed by atoms with E-state index in [-0.39, 0.29) is 6.54 Å². The number of amides is 1. The number of nitrogens with zero attached hydrogens (tertiary/aromatic N) is 1. The van der Waals surface area contributed by atoms with Crippen LogP contribution in [0, 0.1) is 0 Å². The Morgan fingerprint density at radius 3 is 2.88 bits per heavy atom. The maximum absolute atomic E-state index is 11.9. The standard InChI is InChI=1S/C13H17N3O8/c17-4-2-14-9(20)6-23-11-10(21)7(5-18)24-12(11)16-3-1-8(19)15-13(16)22/h1,3-4,7,10-12,18,21H,2,5-6H2,(H,14,20)(H,15,19,22)/t7-,10-,11-,12-/m1/s1. The highest BCUT2D eigenvalue weighted by Gasteiger charge is 2.45. The molecule has 0 saturated carbocycles. The topological polar surface area (TPSA) is 160 Å². The van der Waals surface area contributed by atoms with Crippen LogP contribution in [0.3, 0.4) is 0 Å². The van der Waals surface area contributed by atoms with Crippen LogP contribution >= 0.6 is 0 Å². The fourth-order valence-corrected chi connectivity index (χ4v) is 2.28. The number of carbonyl (C=O) groups excluding carboxylic acids is 2. The lowest BCUT2D eigenvalue weighted by molar-refractivity contribution is -0.133. The monoisotopic (exact) mass is 343 g/mol. The van der Waals surface area contributed by atoms with E-state index in [1.165, 1.54) is 0 Å². The van der Waals surface area contributed by atoms with Gasteiger partial charge < -0.3 is 29.8 Å². The average molecular weight is 343 g/mol. The van der Waals surface area contributed by atoms with Gasteiger partial charge in [-0.25, -0.2) is 4.79 Å². The molecule has 0 bridgehead atoms. The quantitative estimate of drug-likeness (QED) is 0.371. The van der Waals surface area contributed by atoms with E-state index in [4.69, 9.17) is 9.47 Å². The summed E-state index contributed by atoms with van der Waals surface area (Å²) < 4.78 is 11.7. The maximum atomic E-state index is 11.9. The zero-order valence-electron chi connectivity index (χ0n) is 12.5. The molecule has 1 amide bonds. The van der Waals surface area contributed by atoms with Gasteiger partial charge in [0.15, 0.2) is 6.23 Å². The average Bonchev–Trinajstić information content (AvgIpc) is 2.86. The van der Waals surface area contributed by atoms with Crippen LogP contribution in [0.4, 0.5) is 0 Å². The summed E-state index contributed by atoms with van der Waals surface area (Å²) in [5, 5.41) is 21.6. The lowest BCUT2D eigenvalue weighted by Gasteiger charge is -2.21. The van der Waals surface area contributed by atoms with Crippen molar-refractivity contribution in [2.24, 2.45) is 0 Å². The van der Waals surface area contributed by atoms with Gasteiger partial charge in [0.1, 0.15) is 31.2 Å². The number of aromatic amines is 1. The summed E-state index contributed by atoms with van der Waals surface area (Å²) in [4.78, 5) is 46.7. The van der Waals surface area contributed by atoms with Crippen LogP contribution in [0.25, 0.3) is 0 Å². The predicted octanol–water partition coefficient (Wildman–Crippen LogP) is -3.51. The molecule has 1 aliphatic heterocycles. The Hall–Kier alpha value is -2.34. The van der Waals surface area contributed by atoms with Crippen molar-refractivity contribution >= 4 is 12.2 Å². The Kier molecular flexibility index (Phi) is 5.98. The van der Waals surface area contributed by atoms with Gasteiger partial charge in [0.25, 0.3) is 5.56 Å². The van der Waals surface area contributed by atoms with Crippen LogP contribution in [-0.4, -0.2) is 70.0 Å². The largest absolute Gasteiger partial charge is 0.394 e. The summed E-state index contributed by atoms with van der Waals surface area (Å²) in [6.07, 6.45) is -2.99. The highest BCUT2D eigenvalue weighted by atomic mass is 16.6. The molecule has 2 rings (SSSR count). The molecule has 11 nitrogen and oxygen atoms in total. The van der Waals surface area contributed by atoms with E-state index >= 15 is 0 Å². The first-order valence-electron chi connectivity index (χ1n) is 7.05. The van der Waals surface area contributed by atoms with Gasteiger partial charge in [-0.15, -0.1) is 0 Å². The van der Waals surface area contributed by atoms with E-state index < -0.39 is 54.9 Å². The molecule has 1 fully saturated rings. The van der Waals surface area contributed by atoms with Crippen molar-refractivity contribution in [1.29, 1.82) is 0 Å². The number of nitrogens with one attached hydrogen (secondary N) is 2. The number of H-pyrrole nitrogens is 1. The Bertz CT molecular complexity index is 699. The molecule has 1 aromatic heterocycles. The summed E-state index contributed by atoms with van der Waals surface area (Å²) >= 11 is 0.